The number of nitriles is 2. The molecule has 6 aromatic rings. The number of para-hydroxylation sites is 2. The molecule has 2 atom stereocenters. The molecule has 2 unspecified atom stereocenters. The third kappa shape index (κ3) is 4.28. The van der Waals surface area contributed by atoms with Gasteiger partial charge in [0, 0.05) is 28.0 Å². The predicted octanol–water partition coefficient (Wildman–Crippen LogP) is 10.4. The molecule has 2 aliphatic carbocycles. The number of aromatic nitrogens is 1. The highest BCUT2D eigenvalue weighted by molar-refractivity contribution is 6.09. The van der Waals surface area contributed by atoms with Crippen molar-refractivity contribution < 1.29 is 0 Å². The van der Waals surface area contributed by atoms with Gasteiger partial charge in [0.05, 0.1) is 45.6 Å². The average Bonchev–Trinajstić information content (AvgIpc) is 3.67. The fourth-order valence-electron chi connectivity index (χ4n) is 7.95. The monoisotopic (exact) mass is 614 g/mol. The zero-order valence-corrected chi connectivity index (χ0v) is 26.2. The minimum atomic E-state index is 0.171. The fourth-order valence-corrected chi connectivity index (χ4v) is 7.95. The third-order valence-corrected chi connectivity index (χ3v) is 10.1. The van der Waals surface area contributed by atoms with Gasteiger partial charge in [-0.1, -0.05) is 97.1 Å². The maximum atomic E-state index is 10.4. The lowest BCUT2D eigenvalue weighted by Gasteiger charge is -2.32. The number of fused-ring (bicyclic) bond motifs is 5. The van der Waals surface area contributed by atoms with Crippen molar-refractivity contribution in [2.24, 2.45) is 5.92 Å². The molecule has 0 radical (unpaired) electrons. The Balaban J connectivity index is 1.16. The van der Waals surface area contributed by atoms with Crippen molar-refractivity contribution in [1.29, 1.82) is 10.5 Å². The van der Waals surface area contributed by atoms with Crippen molar-refractivity contribution in [2.75, 3.05) is 4.90 Å². The standard InChI is InChI=1S/C44H30N4/c45-27-29-20-22-34(44(24-29)48-42-18-7-3-14-37(42)38-15-4-8-19-43(38)48)32-11-9-10-30(25-32)31-21-23-39(33(26-31)28-46)47-40-16-5-1-12-35(40)36-13-2-6-17-41(36)47/h1-3,5-14,16-26,37,42H,4,15H2. The van der Waals surface area contributed by atoms with Gasteiger partial charge in [-0.2, -0.15) is 10.5 Å². The summed E-state index contributed by atoms with van der Waals surface area (Å²) in [6, 6.07) is 42.6. The van der Waals surface area contributed by atoms with Crippen molar-refractivity contribution >= 4 is 27.5 Å². The summed E-state index contributed by atoms with van der Waals surface area (Å²) in [5.41, 5.74) is 12.2. The molecule has 0 fully saturated rings. The second-order valence-electron chi connectivity index (χ2n) is 12.6. The highest BCUT2D eigenvalue weighted by Crippen LogP contribution is 2.47. The van der Waals surface area contributed by atoms with E-state index in [1.54, 1.807) is 0 Å². The van der Waals surface area contributed by atoms with Gasteiger partial charge < -0.3 is 9.47 Å². The zero-order valence-electron chi connectivity index (χ0n) is 26.2. The van der Waals surface area contributed by atoms with Gasteiger partial charge >= 0.3 is 0 Å². The SMILES string of the molecule is N#Cc1ccc(-c2cccc(-c3ccc(-n4c5ccccc5c5ccccc54)c(C#N)c3)c2)c(N2C3=C(CCC=C3)C3C=CC=CC32)c1. The smallest absolute Gasteiger partial charge is 0.101 e. The van der Waals surface area contributed by atoms with Crippen molar-refractivity contribution in [3.8, 4) is 40.1 Å². The first-order valence-corrected chi connectivity index (χ1v) is 16.4. The highest BCUT2D eigenvalue weighted by Gasteiger charge is 2.39. The molecule has 0 saturated carbocycles. The summed E-state index contributed by atoms with van der Waals surface area (Å²) in [7, 11) is 0. The van der Waals surface area contributed by atoms with E-state index < -0.39 is 0 Å². The van der Waals surface area contributed by atoms with Crippen molar-refractivity contribution in [3.05, 3.63) is 168 Å². The minimum Gasteiger partial charge on any atom is -0.333 e. The molecule has 3 aliphatic rings. The van der Waals surface area contributed by atoms with Crippen molar-refractivity contribution in [1.82, 2.24) is 4.57 Å². The van der Waals surface area contributed by atoms with Gasteiger partial charge in [-0.25, -0.2) is 0 Å². The van der Waals surface area contributed by atoms with Crippen LogP contribution in [0.4, 0.5) is 5.69 Å². The highest BCUT2D eigenvalue weighted by atomic mass is 15.2. The minimum absolute atomic E-state index is 0.171. The Morgan fingerprint density at radius 2 is 1.40 bits per heavy atom. The molecule has 5 aromatic carbocycles. The van der Waals surface area contributed by atoms with Crippen LogP contribution < -0.4 is 4.90 Å². The van der Waals surface area contributed by atoms with Crippen LogP contribution in [0.1, 0.15) is 24.0 Å². The van der Waals surface area contributed by atoms with Crippen LogP contribution in [0, 0.1) is 28.6 Å². The van der Waals surface area contributed by atoms with Gasteiger partial charge in [-0.05, 0) is 83.6 Å². The summed E-state index contributed by atoms with van der Waals surface area (Å²) in [5, 5.41) is 22.7. The van der Waals surface area contributed by atoms with Crippen LogP contribution in [-0.4, -0.2) is 10.6 Å². The molecule has 9 rings (SSSR count). The van der Waals surface area contributed by atoms with Crippen LogP contribution in [-0.2, 0) is 0 Å². The van der Waals surface area contributed by atoms with Crippen molar-refractivity contribution in [3.63, 3.8) is 0 Å². The van der Waals surface area contributed by atoms with Gasteiger partial charge in [0.1, 0.15) is 6.07 Å². The van der Waals surface area contributed by atoms with Gasteiger partial charge in [0.25, 0.3) is 0 Å². The van der Waals surface area contributed by atoms with Crippen molar-refractivity contribution in [2.45, 2.75) is 18.9 Å². The lowest BCUT2D eigenvalue weighted by Crippen LogP contribution is -2.33. The first-order chi connectivity index (χ1) is 23.7. The number of rotatable bonds is 4. The van der Waals surface area contributed by atoms with E-state index in [0.717, 1.165) is 57.5 Å². The Kier molecular flexibility index (Phi) is 6.49. The maximum absolute atomic E-state index is 10.4. The lowest BCUT2D eigenvalue weighted by molar-refractivity contribution is 0.658. The molecule has 1 aromatic heterocycles. The molecule has 0 spiro atoms. The molecule has 4 heteroatoms. The predicted molar refractivity (Wildman–Crippen MR) is 195 cm³/mol. The molecule has 48 heavy (non-hydrogen) atoms. The Hall–Kier alpha value is -6.36. The van der Waals surface area contributed by atoms with E-state index in [9.17, 15) is 10.5 Å². The van der Waals surface area contributed by atoms with E-state index in [1.165, 1.54) is 22.0 Å². The summed E-state index contributed by atoms with van der Waals surface area (Å²) >= 11 is 0. The van der Waals surface area contributed by atoms with Crippen LogP contribution in [0.15, 0.2) is 157 Å². The summed E-state index contributed by atoms with van der Waals surface area (Å²) in [6.45, 7) is 0. The molecule has 4 nitrogen and oxygen atoms in total. The lowest BCUT2D eigenvalue weighted by atomic mass is 9.87. The Bertz CT molecular complexity index is 2450. The molecule has 0 N–H and O–H groups in total. The van der Waals surface area contributed by atoms with E-state index in [-0.39, 0.29) is 6.04 Å². The number of nitrogens with zero attached hydrogens (tertiary/aromatic N) is 4. The van der Waals surface area contributed by atoms with Gasteiger partial charge in [0.2, 0.25) is 0 Å². The third-order valence-electron chi connectivity index (χ3n) is 10.1. The number of anilines is 1. The van der Waals surface area contributed by atoms with Crippen LogP contribution in [0.2, 0.25) is 0 Å². The second kappa shape index (κ2) is 11.2. The molecule has 0 bridgehead atoms. The first kappa shape index (κ1) is 27.9. The van der Waals surface area contributed by atoms with E-state index in [0.29, 0.717) is 17.0 Å². The molecule has 2 heterocycles. The molecule has 0 saturated heterocycles. The average molecular weight is 615 g/mol. The number of benzene rings is 5. The van der Waals surface area contributed by atoms with Crippen LogP contribution in [0.25, 0.3) is 49.7 Å². The Morgan fingerprint density at radius 3 is 2.19 bits per heavy atom. The second-order valence-corrected chi connectivity index (χ2v) is 12.6. The summed E-state index contributed by atoms with van der Waals surface area (Å²) in [4.78, 5) is 2.44. The molecule has 0 amide bonds. The Labute approximate surface area is 279 Å². The molecule has 1 aliphatic heterocycles. The fraction of sp³-hybridized carbons (Fsp3) is 0.0909. The topological polar surface area (TPSA) is 55.8 Å². The van der Waals surface area contributed by atoms with Crippen LogP contribution >= 0.6 is 0 Å². The zero-order chi connectivity index (χ0) is 32.2. The number of allylic oxidation sites excluding steroid dienone is 4. The summed E-state index contributed by atoms with van der Waals surface area (Å²) in [5.74, 6) is 0.331. The van der Waals surface area contributed by atoms with Crippen LogP contribution in [0.3, 0.4) is 0 Å². The molecule has 226 valence electrons. The van der Waals surface area contributed by atoms with Gasteiger partial charge in [-0.15, -0.1) is 0 Å². The van der Waals surface area contributed by atoms with E-state index in [1.807, 2.05) is 30.3 Å². The summed E-state index contributed by atoms with van der Waals surface area (Å²) in [6.07, 6.45) is 15.5. The number of hydrogen-bond donors (Lipinski definition) is 0. The summed E-state index contributed by atoms with van der Waals surface area (Å²) < 4.78 is 2.20. The molecular weight excluding hydrogens is 585 g/mol. The maximum Gasteiger partial charge on any atom is 0.101 e. The van der Waals surface area contributed by atoms with Gasteiger partial charge in [0.15, 0.2) is 0 Å². The number of hydrogen-bond acceptors (Lipinski definition) is 3. The van der Waals surface area contributed by atoms with Crippen LogP contribution in [0.5, 0.6) is 0 Å². The largest absolute Gasteiger partial charge is 0.333 e. The van der Waals surface area contributed by atoms with Gasteiger partial charge in [-0.3, -0.25) is 0 Å². The first-order valence-electron chi connectivity index (χ1n) is 16.4. The molecular formula is C44H30N4. The van der Waals surface area contributed by atoms with E-state index in [4.69, 9.17) is 0 Å². The van der Waals surface area contributed by atoms with E-state index in [2.05, 4.69) is 137 Å². The Morgan fingerprint density at radius 1 is 0.646 bits per heavy atom. The van der Waals surface area contributed by atoms with E-state index >= 15 is 0 Å². The quantitative estimate of drug-likeness (QED) is 0.199. The normalized spacial score (nSPS) is 17.8.